The number of rotatable bonds is 4. The fraction of sp³-hybridized carbons (Fsp3) is 0.471. The molecule has 1 saturated heterocycles. The van der Waals surface area contributed by atoms with Gasteiger partial charge in [0.15, 0.2) is 0 Å². The Kier molecular flexibility index (Phi) is 5.10. The lowest BCUT2D eigenvalue weighted by atomic mass is 9.99. The molecular formula is C17H22N4O4S. The standard InChI is InChI=1S/C17H22N4O4S/c1-12-6-4-8-14(15(12)17(22)25-3)26(23,24)21-9-5-7-13(10-21)16-19-18-11-20(16)2/h4,6,8,11,13H,5,7,9-10H2,1-3H3. The average Bonchev–Trinajstić information content (AvgIpc) is 3.07. The number of piperidine rings is 1. The number of aryl methyl sites for hydroxylation is 2. The van der Waals surface area contributed by atoms with Crippen LogP contribution in [0, 0.1) is 6.92 Å². The third kappa shape index (κ3) is 3.24. The highest BCUT2D eigenvalue weighted by Gasteiger charge is 2.35. The number of ether oxygens (including phenoxy) is 1. The maximum absolute atomic E-state index is 13.3. The molecule has 1 aliphatic rings. The van der Waals surface area contributed by atoms with E-state index in [1.54, 1.807) is 25.4 Å². The molecule has 3 rings (SSSR count). The van der Waals surface area contributed by atoms with E-state index in [1.165, 1.54) is 17.5 Å². The van der Waals surface area contributed by atoms with E-state index in [2.05, 4.69) is 10.2 Å². The molecule has 1 aromatic carbocycles. The summed E-state index contributed by atoms with van der Waals surface area (Å²) in [7, 11) is -0.740. The van der Waals surface area contributed by atoms with Crippen molar-refractivity contribution in [3.8, 4) is 0 Å². The molecule has 2 aromatic rings. The monoisotopic (exact) mass is 378 g/mol. The highest BCUT2D eigenvalue weighted by Crippen LogP contribution is 2.31. The van der Waals surface area contributed by atoms with Crippen LogP contribution in [-0.2, 0) is 21.8 Å². The third-order valence-electron chi connectivity index (χ3n) is 4.74. The van der Waals surface area contributed by atoms with Gasteiger partial charge in [-0.3, -0.25) is 0 Å². The first kappa shape index (κ1) is 18.5. The van der Waals surface area contributed by atoms with Gasteiger partial charge >= 0.3 is 5.97 Å². The van der Waals surface area contributed by atoms with E-state index in [0.29, 0.717) is 18.7 Å². The molecule has 0 N–H and O–H groups in total. The minimum absolute atomic E-state index is 0.0111. The van der Waals surface area contributed by atoms with Crippen LogP contribution in [0.5, 0.6) is 0 Å². The molecule has 1 aromatic heterocycles. The number of carbonyl (C=O) groups is 1. The molecule has 0 bridgehead atoms. The smallest absolute Gasteiger partial charge is 0.339 e. The van der Waals surface area contributed by atoms with Gasteiger partial charge in [0.25, 0.3) is 0 Å². The summed E-state index contributed by atoms with van der Waals surface area (Å²) in [5.41, 5.74) is 0.663. The number of benzene rings is 1. The summed E-state index contributed by atoms with van der Waals surface area (Å²) >= 11 is 0. The Morgan fingerprint density at radius 2 is 2.12 bits per heavy atom. The molecule has 0 aliphatic carbocycles. The van der Waals surface area contributed by atoms with Gasteiger partial charge in [-0.1, -0.05) is 12.1 Å². The third-order valence-corrected chi connectivity index (χ3v) is 6.65. The van der Waals surface area contributed by atoms with Gasteiger partial charge in [-0.05, 0) is 31.4 Å². The first-order chi connectivity index (χ1) is 12.4. The SMILES string of the molecule is COC(=O)c1c(C)cccc1S(=O)(=O)N1CCCC(c2nncn2C)C1. The molecule has 140 valence electrons. The van der Waals surface area contributed by atoms with Crippen molar-refractivity contribution in [3.63, 3.8) is 0 Å². The summed E-state index contributed by atoms with van der Waals surface area (Å²) in [5.74, 6) is 0.0864. The molecular weight excluding hydrogens is 356 g/mol. The topological polar surface area (TPSA) is 94.4 Å². The molecule has 0 amide bonds. The molecule has 8 nitrogen and oxygen atoms in total. The van der Waals surface area contributed by atoms with Crippen LogP contribution >= 0.6 is 0 Å². The van der Waals surface area contributed by atoms with Gasteiger partial charge in [-0.2, -0.15) is 4.31 Å². The zero-order valence-corrected chi connectivity index (χ0v) is 15.9. The first-order valence-electron chi connectivity index (χ1n) is 8.38. The highest BCUT2D eigenvalue weighted by atomic mass is 32.2. The minimum Gasteiger partial charge on any atom is -0.465 e. The van der Waals surface area contributed by atoms with Crippen molar-refractivity contribution in [2.75, 3.05) is 20.2 Å². The molecule has 2 heterocycles. The lowest BCUT2D eigenvalue weighted by Crippen LogP contribution is -2.40. The van der Waals surface area contributed by atoms with Crippen LogP contribution in [0.1, 0.15) is 40.5 Å². The quantitative estimate of drug-likeness (QED) is 0.748. The lowest BCUT2D eigenvalue weighted by Gasteiger charge is -2.31. The van der Waals surface area contributed by atoms with Crippen LogP contribution < -0.4 is 0 Å². The Morgan fingerprint density at radius 1 is 1.35 bits per heavy atom. The van der Waals surface area contributed by atoms with Crippen molar-refractivity contribution in [2.24, 2.45) is 7.05 Å². The van der Waals surface area contributed by atoms with Gasteiger partial charge < -0.3 is 9.30 Å². The van der Waals surface area contributed by atoms with Crippen molar-refractivity contribution in [1.29, 1.82) is 0 Å². The Morgan fingerprint density at radius 3 is 2.77 bits per heavy atom. The normalized spacial score (nSPS) is 18.7. The summed E-state index contributed by atoms with van der Waals surface area (Å²) < 4.78 is 34.5. The molecule has 0 spiro atoms. The second-order valence-corrected chi connectivity index (χ2v) is 8.35. The number of hydrogen-bond acceptors (Lipinski definition) is 6. The summed E-state index contributed by atoms with van der Waals surface area (Å²) in [6.07, 6.45) is 3.17. The Bertz CT molecular complexity index is 923. The first-order valence-corrected chi connectivity index (χ1v) is 9.82. The van der Waals surface area contributed by atoms with E-state index in [4.69, 9.17) is 4.74 Å². The second-order valence-electron chi connectivity index (χ2n) is 6.44. The summed E-state index contributed by atoms with van der Waals surface area (Å²) in [4.78, 5) is 12.1. The van der Waals surface area contributed by atoms with Crippen LogP contribution in [-0.4, -0.2) is 53.7 Å². The maximum atomic E-state index is 13.3. The number of hydrogen-bond donors (Lipinski definition) is 0. The van der Waals surface area contributed by atoms with Gasteiger partial charge in [-0.25, -0.2) is 13.2 Å². The molecule has 1 aliphatic heterocycles. The van der Waals surface area contributed by atoms with Crippen LogP contribution in [0.3, 0.4) is 0 Å². The maximum Gasteiger partial charge on any atom is 0.339 e. The Hall–Kier alpha value is -2.26. The van der Waals surface area contributed by atoms with Gasteiger partial charge in [0.2, 0.25) is 10.0 Å². The molecule has 26 heavy (non-hydrogen) atoms. The van der Waals surface area contributed by atoms with Crippen LogP contribution in [0.25, 0.3) is 0 Å². The zero-order chi connectivity index (χ0) is 18.9. The molecule has 1 unspecified atom stereocenters. The largest absolute Gasteiger partial charge is 0.465 e. The predicted octanol–water partition coefficient (Wildman–Crippen LogP) is 1.48. The molecule has 9 heteroatoms. The molecule has 1 atom stereocenters. The fourth-order valence-corrected chi connectivity index (χ4v) is 5.17. The van der Waals surface area contributed by atoms with Crippen LogP contribution in [0.4, 0.5) is 0 Å². The zero-order valence-electron chi connectivity index (χ0n) is 15.0. The Labute approximate surface area is 152 Å². The summed E-state index contributed by atoms with van der Waals surface area (Å²) in [6, 6.07) is 4.79. The van der Waals surface area contributed by atoms with Crippen molar-refractivity contribution in [2.45, 2.75) is 30.6 Å². The number of methoxy groups -OCH3 is 1. The van der Waals surface area contributed by atoms with Gasteiger partial charge in [0.05, 0.1) is 17.6 Å². The predicted molar refractivity (Wildman–Crippen MR) is 94.3 cm³/mol. The summed E-state index contributed by atoms with van der Waals surface area (Å²) in [5, 5.41) is 8.01. The van der Waals surface area contributed by atoms with Gasteiger partial charge in [-0.15, -0.1) is 10.2 Å². The molecule has 0 saturated carbocycles. The van der Waals surface area contributed by atoms with Gasteiger partial charge in [0.1, 0.15) is 12.2 Å². The molecule has 1 fully saturated rings. The second kappa shape index (κ2) is 7.16. The van der Waals surface area contributed by atoms with Crippen molar-refractivity contribution in [3.05, 3.63) is 41.5 Å². The van der Waals surface area contributed by atoms with Crippen molar-refractivity contribution >= 4 is 16.0 Å². The lowest BCUT2D eigenvalue weighted by molar-refractivity contribution is 0.0595. The van der Waals surface area contributed by atoms with E-state index in [1.807, 2.05) is 11.6 Å². The molecule has 0 radical (unpaired) electrons. The number of carbonyl (C=O) groups excluding carboxylic acids is 1. The minimum atomic E-state index is -3.83. The number of esters is 1. The van der Waals surface area contributed by atoms with E-state index >= 15 is 0 Å². The van der Waals surface area contributed by atoms with Crippen molar-refractivity contribution < 1.29 is 17.9 Å². The number of nitrogens with zero attached hydrogens (tertiary/aromatic N) is 4. The van der Waals surface area contributed by atoms with Crippen molar-refractivity contribution in [1.82, 2.24) is 19.1 Å². The van der Waals surface area contributed by atoms with Crippen LogP contribution in [0.2, 0.25) is 0 Å². The van der Waals surface area contributed by atoms with E-state index < -0.39 is 16.0 Å². The highest BCUT2D eigenvalue weighted by molar-refractivity contribution is 7.89. The number of sulfonamides is 1. The van der Waals surface area contributed by atoms with E-state index in [9.17, 15) is 13.2 Å². The van der Waals surface area contributed by atoms with Gasteiger partial charge in [0, 0.05) is 26.1 Å². The fourth-order valence-electron chi connectivity index (χ4n) is 3.39. The Balaban J connectivity index is 1.97. The number of aromatic nitrogens is 3. The van der Waals surface area contributed by atoms with Crippen LogP contribution in [0.15, 0.2) is 29.4 Å². The van der Waals surface area contributed by atoms with E-state index in [0.717, 1.165) is 18.7 Å². The average molecular weight is 378 g/mol. The van der Waals surface area contributed by atoms with E-state index in [-0.39, 0.29) is 16.4 Å². The summed E-state index contributed by atoms with van der Waals surface area (Å²) in [6.45, 7) is 2.42.